The van der Waals surface area contributed by atoms with Gasteiger partial charge in [0.1, 0.15) is 5.82 Å². The first-order valence-corrected chi connectivity index (χ1v) is 7.84. The van der Waals surface area contributed by atoms with E-state index in [-0.39, 0.29) is 5.91 Å². The van der Waals surface area contributed by atoms with E-state index in [1.54, 1.807) is 24.4 Å². The number of nitrogens with zero attached hydrogens (tertiary/aromatic N) is 1. The highest BCUT2D eigenvalue weighted by Gasteiger charge is 2.06. The highest BCUT2D eigenvalue weighted by Crippen LogP contribution is 2.19. The Kier molecular flexibility index (Phi) is 4.77. The van der Waals surface area contributed by atoms with Gasteiger partial charge >= 0.3 is 0 Å². The van der Waals surface area contributed by atoms with E-state index in [4.69, 9.17) is 11.6 Å². The third-order valence-electron chi connectivity index (χ3n) is 3.45. The van der Waals surface area contributed by atoms with Crippen LogP contribution in [-0.4, -0.2) is 10.9 Å². The number of rotatable bonds is 4. The Morgan fingerprint density at radius 2 is 1.58 bits per heavy atom. The summed E-state index contributed by atoms with van der Waals surface area (Å²) < 4.78 is 0. The molecule has 4 nitrogen and oxygen atoms in total. The molecule has 1 aromatic heterocycles. The van der Waals surface area contributed by atoms with Crippen LogP contribution in [0.1, 0.15) is 15.9 Å². The van der Waals surface area contributed by atoms with E-state index >= 15 is 0 Å². The molecule has 0 radical (unpaired) electrons. The molecule has 0 aliphatic heterocycles. The first kappa shape index (κ1) is 16.0. The van der Waals surface area contributed by atoms with Gasteiger partial charge < -0.3 is 10.6 Å². The maximum atomic E-state index is 12.2. The molecule has 1 amide bonds. The second kappa shape index (κ2) is 7.15. The average molecular weight is 338 g/mol. The SMILES string of the molecule is Cc1ccc(C(=O)Nc2ccc(Nc3ccc(Cl)cc3)cn2)cc1. The molecule has 5 heteroatoms. The van der Waals surface area contributed by atoms with Gasteiger partial charge in [-0.1, -0.05) is 29.3 Å². The fourth-order valence-corrected chi connectivity index (χ4v) is 2.26. The van der Waals surface area contributed by atoms with Gasteiger partial charge in [-0.2, -0.15) is 0 Å². The number of anilines is 3. The van der Waals surface area contributed by atoms with Crippen LogP contribution in [0.15, 0.2) is 66.9 Å². The molecule has 24 heavy (non-hydrogen) atoms. The predicted molar refractivity (Wildman–Crippen MR) is 98.1 cm³/mol. The lowest BCUT2D eigenvalue weighted by atomic mass is 10.1. The lowest BCUT2D eigenvalue weighted by Crippen LogP contribution is -2.12. The third-order valence-corrected chi connectivity index (χ3v) is 3.70. The van der Waals surface area contributed by atoms with Crippen molar-refractivity contribution in [3.05, 3.63) is 83.0 Å². The van der Waals surface area contributed by atoms with Crippen molar-refractivity contribution >= 4 is 34.7 Å². The lowest BCUT2D eigenvalue weighted by molar-refractivity contribution is 0.102. The molecule has 0 saturated carbocycles. The van der Waals surface area contributed by atoms with Crippen LogP contribution in [0.3, 0.4) is 0 Å². The Morgan fingerprint density at radius 3 is 2.21 bits per heavy atom. The van der Waals surface area contributed by atoms with Crippen LogP contribution in [0.25, 0.3) is 0 Å². The van der Waals surface area contributed by atoms with Crippen LogP contribution in [0.4, 0.5) is 17.2 Å². The highest BCUT2D eigenvalue weighted by atomic mass is 35.5. The minimum Gasteiger partial charge on any atom is -0.354 e. The van der Waals surface area contributed by atoms with Crippen LogP contribution < -0.4 is 10.6 Å². The molecule has 3 rings (SSSR count). The van der Waals surface area contributed by atoms with Crippen molar-refractivity contribution in [3.63, 3.8) is 0 Å². The number of carbonyl (C=O) groups is 1. The second-order valence-corrected chi connectivity index (χ2v) is 5.82. The summed E-state index contributed by atoms with van der Waals surface area (Å²) in [5, 5.41) is 6.68. The minimum absolute atomic E-state index is 0.180. The van der Waals surface area contributed by atoms with Gasteiger partial charge in [-0.3, -0.25) is 4.79 Å². The Bertz CT molecular complexity index is 828. The van der Waals surface area contributed by atoms with E-state index in [2.05, 4.69) is 15.6 Å². The summed E-state index contributed by atoms with van der Waals surface area (Å²) >= 11 is 5.86. The van der Waals surface area contributed by atoms with Crippen LogP contribution in [0.2, 0.25) is 5.02 Å². The number of aromatic nitrogens is 1. The van der Waals surface area contributed by atoms with E-state index in [1.165, 1.54) is 0 Å². The maximum Gasteiger partial charge on any atom is 0.256 e. The van der Waals surface area contributed by atoms with Gasteiger partial charge in [0.05, 0.1) is 11.9 Å². The van der Waals surface area contributed by atoms with Crippen molar-refractivity contribution in [1.82, 2.24) is 4.98 Å². The molecule has 0 aliphatic rings. The molecule has 0 atom stereocenters. The smallest absolute Gasteiger partial charge is 0.256 e. The number of benzene rings is 2. The summed E-state index contributed by atoms with van der Waals surface area (Å²) in [7, 11) is 0. The van der Waals surface area contributed by atoms with Crippen LogP contribution in [0, 0.1) is 6.92 Å². The predicted octanol–water partition coefficient (Wildman–Crippen LogP) is 5.04. The Labute approximate surface area is 145 Å². The number of halogens is 1. The number of pyridine rings is 1. The zero-order valence-corrected chi connectivity index (χ0v) is 13.8. The van der Waals surface area contributed by atoms with Crippen molar-refractivity contribution in [2.24, 2.45) is 0 Å². The highest BCUT2D eigenvalue weighted by molar-refractivity contribution is 6.30. The maximum absolute atomic E-state index is 12.2. The molecule has 0 aliphatic carbocycles. The number of carbonyl (C=O) groups excluding carboxylic acids is 1. The van der Waals surface area contributed by atoms with Gasteiger partial charge in [0.25, 0.3) is 5.91 Å². The monoisotopic (exact) mass is 337 g/mol. The first-order valence-electron chi connectivity index (χ1n) is 7.47. The summed E-state index contributed by atoms with van der Waals surface area (Å²) in [5.74, 6) is 0.322. The van der Waals surface area contributed by atoms with Crippen LogP contribution in [0.5, 0.6) is 0 Å². The number of amides is 1. The molecule has 0 fully saturated rings. The number of aryl methyl sites for hydroxylation is 1. The summed E-state index contributed by atoms with van der Waals surface area (Å²) in [4.78, 5) is 16.4. The molecule has 2 N–H and O–H groups in total. The molecule has 0 saturated heterocycles. The van der Waals surface area contributed by atoms with E-state index in [9.17, 15) is 4.79 Å². The normalized spacial score (nSPS) is 10.2. The standard InChI is InChI=1S/C19H16ClN3O/c1-13-2-4-14(5-3-13)19(24)23-18-11-10-17(12-21-18)22-16-8-6-15(20)7-9-16/h2-12,22H,1H3,(H,21,23,24). The van der Waals surface area contributed by atoms with Crippen LogP contribution in [-0.2, 0) is 0 Å². The molecular weight excluding hydrogens is 322 g/mol. The lowest BCUT2D eigenvalue weighted by Gasteiger charge is -2.08. The molecule has 120 valence electrons. The summed E-state index contributed by atoms with van der Waals surface area (Å²) in [6.07, 6.45) is 1.67. The van der Waals surface area contributed by atoms with Gasteiger partial charge in [-0.15, -0.1) is 0 Å². The van der Waals surface area contributed by atoms with E-state index < -0.39 is 0 Å². The first-order chi connectivity index (χ1) is 11.6. The quantitative estimate of drug-likeness (QED) is 0.701. The van der Waals surface area contributed by atoms with E-state index in [0.717, 1.165) is 16.9 Å². The average Bonchev–Trinajstić information content (AvgIpc) is 2.59. The van der Waals surface area contributed by atoms with Gasteiger partial charge in [0.2, 0.25) is 0 Å². The topological polar surface area (TPSA) is 54.0 Å². The third kappa shape index (κ3) is 4.12. The molecule has 0 bridgehead atoms. The van der Waals surface area contributed by atoms with Gasteiger partial charge in [0.15, 0.2) is 0 Å². The van der Waals surface area contributed by atoms with Crippen molar-refractivity contribution < 1.29 is 4.79 Å². The van der Waals surface area contributed by atoms with Crippen molar-refractivity contribution in [2.75, 3.05) is 10.6 Å². The van der Waals surface area contributed by atoms with Crippen molar-refractivity contribution in [3.8, 4) is 0 Å². The molecule has 3 aromatic rings. The van der Waals surface area contributed by atoms with Crippen LogP contribution >= 0.6 is 11.6 Å². The Balaban J connectivity index is 1.64. The molecular formula is C19H16ClN3O. The van der Waals surface area contributed by atoms with E-state index in [0.29, 0.717) is 16.4 Å². The molecule has 2 aromatic carbocycles. The summed E-state index contributed by atoms with van der Waals surface area (Å²) in [6.45, 7) is 1.98. The molecule has 1 heterocycles. The van der Waals surface area contributed by atoms with Gasteiger partial charge in [-0.05, 0) is 55.5 Å². The van der Waals surface area contributed by atoms with E-state index in [1.807, 2.05) is 49.4 Å². The number of hydrogen-bond donors (Lipinski definition) is 2. The number of hydrogen-bond acceptors (Lipinski definition) is 3. The van der Waals surface area contributed by atoms with Crippen molar-refractivity contribution in [1.29, 1.82) is 0 Å². The van der Waals surface area contributed by atoms with Crippen molar-refractivity contribution in [2.45, 2.75) is 6.92 Å². The molecule has 0 spiro atoms. The zero-order valence-electron chi connectivity index (χ0n) is 13.1. The summed E-state index contributed by atoms with van der Waals surface area (Å²) in [5.41, 5.74) is 3.45. The zero-order chi connectivity index (χ0) is 16.9. The fourth-order valence-electron chi connectivity index (χ4n) is 2.14. The minimum atomic E-state index is -0.180. The Morgan fingerprint density at radius 1 is 0.917 bits per heavy atom. The number of nitrogens with one attached hydrogen (secondary N) is 2. The second-order valence-electron chi connectivity index (χ2n) is 5.38. The molecule has 0 unspecified atom stereocenters. The van der Waals surface area contributed by atoms with Gasteiger partial charge in [0, 0.05) is 16.3 Å². The Hall–Kier alpha value is -2.85. The largest absolute Gasteiger partial charge is 0.354 e. The fraction of sp³-hybridized carbons (Fsp3) is 0.0526. The summed E-state index contributed by atoms with van der Waals surface area (Å²) in [6, 6.07) is 18.4. The van der Waals surface area contributed by atoms with Gasteiger partial charge in [-0.25, -0.2) is 4.98 Å².